The number of carbonyl (C=O) groups excluding carboxylic acids is 1. The standard InChI is InChI=1S/C26H53NO4/c1-3-5-7-9-10-11-12-13-14-15-16-17-19-20-24(29)23(22-28)27-26(31)25(30)21-18-8-6-4-2/h23-25,28-30H,3-22H2,1-2H3,(H,27,31)/t23-,24+,25+/m0/s1. The van der Waals surface area contributed by atoms with Gasteiger partial charge in [0.25, 0.3) is 0 Å². The highest BCUT2D eigenvalue weighted by molar-refractivity contribution is 5.80. The Balaban J connectivity index is 3.70. The molecule has 0 saturated heterocycles. The molecule has 0 unspecified atom stereocenters. The van der Waals surface area contributed by atoms with Crippen LogP contribution < -0.4 is 5.32 Å². The molecule has 0 bridgehead atoms. The van der Waals surface area contributed by atoms with E-state index in [4.69, 9.17) is 0 Å². The van der Waals surface area contributed by atoms with Crippen molar-refractivity contribution in [2.45, 2.75) is 154 Å². The van der Waals surface area contributed by atoms with Crippen LogP contribution in [0.4, 0.5) is 0 Å². The van der Waals surface area contributed by atoms with Crippen LogP contribution in [0.3, 0.4) is 0 Å². The predicted molar refractivity (Wildman–Crippen MR) is 130 cm³/mol. The molecule has 4 N–H and O–H groups in total. The van der Waals surface area contributed by atoms with Crippen LogP contribution >= 0.6 is 0 Å². The Morgan fingerprint density at radius 1 is 0.645 bits per heavy atom. The van der Waals surface area contributed by atoms with Gasteiger partial charge in [-0.25, -0.2) is 0 Å². The molecule has 0 aliphatic heterocycles. The van der Waals surface area contributed by atoms with Crippen molar-refractivity contribution in [3.8, 4) is 0 Å². The average molecular weight is 444 g/mol. The van der Waals surface area contributed by atoms with Gasteiger partial charge in [-0.05, 0) is 12.8 Å². The predicted octanol–water partition coefficient (Wildman–Crippen LogP) is 5.64. The minimum absolute atomic E-state index is 0.312. The zero-order valence-corrected chi connectivity index (χ0v) is 20.6. The summed E-state index contributed by atoms with van der Waals surface area (Å²) < 4.78 is 0. The van der Waals surface area contributed by atoms with Gasteiger partial charge < -0.3 is 20.6 Å². The molecule has 3 atom stereocenters. The van der Waals surface area contributed by atoms with Crippen molar-refractivity contribution in [2.75, 3.05) is 6.61 Å². The lowest BCUT2D eigenvalue weighted by Crippen LogP contribution is -2.49. The average Bonchev–Trinajstić information content (AvgIpc) is 2.77. The van der Waals surface area contributed by atoms with Gasteiger partial charge in [0.2, 0.25) is 5.91 Å². The monoisotopic (exact) mass is 443 g/mol. The summed E-state index contributed by atoms with van der Waals surface area (Å²) in [4.78, 5) is 12.1. The van der Waals surface area contributed by atoms with Gasteiger partial charge in [-0.1, -0.05) is 123 Å². The maximum absolute atomic E-state index is 12.1. The lowest BCUT2D eigenvalue weighted by Gasteiger charge is -2.23. The van der Waals surface area contributed by atoms with Gasteiger partial charge in [-0.15, -0.1) is 0 Å². The molecule has 0 aromatic carbocycles. The molecule has 0 rings (SSSR count). The summed E-state index contributed by atoms with van der Waals surface area (Å²) in [6.07, 6.45) is 19.8. The third kappa shape index (κ3) is 18.6. The van der Waals surface area contributed by atoms with Crippen molar-refractivity contribution in [3.63, 3.8) is 0 Å². The van der Waals surface area contributed by atoms with E-state index in [1.807, 2.05) is 0 Å². The van der Waals surface area contributed by atoms with E-state index in [0.717, 1.165) is 38.5 Å². The molecule has 0 spiro atoms. The summed E-state index contributed by atoms with van der Waals surface area (Å²) in [7, 11) is 0. The fraction of sp³-hybridized carbons (Fsp3) is 0.962. The normalized spacial score (nSPS) is 14.4. The fourth-order valence-corrected chi connectivity index (χ4v) is 4.01. The lowest BCUT2D eigenvalue weighted by atomic mass is 10.0. The Labute approximate surface area is 192 Å². The smallest absolute Gasteiger partial charge is 0.249 e. The minimum atomic E-state index is -1.06. The molecule has 0 fully saturated rings. The molecule has 0 heterocycles. The van der Waals surface area contributed by atoms with Crippen LogP contribution in [0, 0.1) is 0 Å². The van der Waals surface area contributed by atoms with Gasteiger partial charge in [0.05, 0.1) is 18.8 Å². The highest BCUT2D eigenvalue weighted by Crippen LogP contribution is 2.14. The summed E-state index contributed by atoms with van der Waals surface area (Å²) in [6, 6.07) is -0.699. The third-order valence-corrected chi connectivity index (χ3v) is 6.23. The summed E-state index contributed by atoms with van der Waals surface area (Å²) >= 11 is 0. The van der Waals surface area contributed by atoms with Crippen molar-refractivity contribution >= 4 is 5.91 Å². The van der Waals surface area contributed by atoms with E-state index in [-0.39, 0.29) is 6.61 Å². The number of hydrogen-bond acceptors (Lipinski definition) is 4. The molecule has 0 aliphatic carbocycles. The van der Waals surface area contributed by atoms with E-state index in [9.17, 15) is 20.1 Å². The number of unbranched alkanes of at least 4 members (excludes halogenated alkanes) is 15. The fourth-order valence-electron chi connectivity index (χ4n) is 4.01. The highest BCUT2D eigenvalue weighted by Gasteiger charge is 2.23. The summed E-state index contributed by atoms with van der Waals surface area (Å²) in [5.74, 6) is -0.486. The number of nitrogens with one attached hydrogen (secondary N) is 1. The van der Waals surface area contributed by atoms with Crippen molar-refractivity contribution in [1.29, 1.82) is 0 Å². The number of aliphatic hydroxyl groups excluding tert-OH is 3. The van der Waals surface area contributed by atoms with Gasteiger partial charge >= 0.3 is 0 Å². The second-order valence-corrected chi connectivity index (χ2v) is 9.26. The maximum atomic E-state index is 12.1. The molecule has 5 nitrogen and oxygen atoms in total. The summed E-state index contributed by atoms with van der Waals surface area (Å²) in [5.41, 5.74) is 0. The largest absolute Gasteiger partial charge is 0.394 e. The topological polar surface area (TPSA) is 89.8 Å². The first kappa shape index (κ1) is 30.4. The molecular weight excluding hydrogens is 390 g/mol. The zero-order chi connectivity index (χ0) is 23.2. The number of aliphatic hydroxyl groups is 3. The first-order chi connectivity index (χ1) is 15.1. The van der Waals surface area contributed by atoms with E-state index in [0.29, 0.717) is 12.8 Å². The Hall–Kier alpha value is -0.650. The molecule has 0 aromatic heterocycles. The Bertz CT molecular complexity index is 392. The molecule has 0 radical (unpaired) electrons. The van der Waals surface area contributed by atoms with Crippen molar-refractivity contribution in [2.24, 2.45) is 0 Å². The second-order valence-electron chi connectivity index (χ2n) is 9.26. The van der Waals surface area contributed by atoms with Crippen LogP contribution in [0.1, 0.15) is 136 Å². The molecule has 186 valence electrons. The SMILES string of the molecule is CCCCCCCCCCCCCCC[C@@H](O)[C@H](CO)NC(=O)[C@H](O)CCCCCC. The first-order valence-electron chi connectivity index (χ1n) is 13.3. The third-order valence-electron chi connectivity index (χ3n) is 6.23. The van der Waals surface area contributed by atoms with Crippen LogP contribution in [0.25, 0.3) is 0 Å². The lowest BCUT2D eigenvalue weighted by molar-refractivity contribution is -0.131. The van der Waals surface area contributed by atoms with Gasteiger partial charge in [0.15, 0.2) is 0 Å². The summed E-state index contributed by atoms with van der Waals surface area (Å²) in [6.45, 7) is 4.06. The molecule has 0 saturated carbocycles. The van der Waals surface area contributed by atoms with Gasteiger partial charge in [-0.2, -0.15) is 0 Å². The van der Waals surface area contributed by atoms with Crippen LogP contribution in [-0.2, 0) is 4.79 Å². The van der Waals surface area contributed by atoms with Crippen LogP contribution in [0.5, 0.6) is 0 Å². The maximum Gasteiger partial charge on any atom is 0.249 e. The van der Waals surface area contributed by atoms with E-state index >= 15 is 0 Å². The Morgan fingerprint density at radius 2 is 1.03 bits per heavy atom. The number of rotatable bonds is 23. The number of amides is 1. The van der Waals surface area contributed by atoms with Crippen LogP contribution in [0.15, 0.2) is 0 Å². The van der Waals surface area contributed by atoms with Crippen LogP contribution in [-0.4, -0.2) is 46.1 Å². The van der Waals surface area contributed by atoms with Crippen LogP contribution in [0.2, 0.25) is 0 Å². The van der Waals surface area contributed by atoms with E-state index in [1.54, 1.807) is 0 Å². The van der Waals surface area contributed by atoms with E-state index < -0.39 is 24.2 Å². The Kier molecular flexibility index (Phi) is 22.1. The number of carbonyl (C=O) groups is 1. The highest BCUT2D eigenvalue weighted by atomic mass is 16.3. The molecule has 1 amide bonds. The van der Waals surface area contributed by atoms with Crippen molar-refractivity contribution in [1.82, 2.24) is 5.32 Å². The van der Waals surface area contributed by atoms with Crippen molar-refractivity contribution in [3.05, 3.63) is 0 Å². The van der Waals surface area contributed by atoms with E-state index in [1.165, 1.54) is 70.6 Å². The second kappa shape index (κ2) is 22.5. The molecule has 31 heavy (non-hydrogen) atoms. The number of hydrogen-bond donors (Lipinski definition) is 4. The van der Waals surface area contributed by atoms with Gasteiger partial charge in [-0.3, -0.25) is 4.79 Å². The zero-order valence-electron chi connectivity index (χ0n) is 20.6. The quantitative estimate of drug-likeness (QED) is 0.154. The molecule has 5 heteroatoms. The molecular formula is C26H53NO4. The molecule has 0 aliphatic rings. The van der Waals surface area contributed by atoms with Gasteiger partial charge in [0.1, 0.15) is 6.10 Å². The first-order valence-corrected chi connectivity index (χ1v) is 13.3. The van der Waals surface area contributed by atoms with Crippen molar-refractivity contribution < 1.29 is 20.1 Å². The van der Waals surface area contributed by atoms with Gasteiger partial charge in [0, 0.05) is 0 Å². The molecule has 0 aromatic rings. The minimum Gasteiger partial charge on any atom is -0.394 e. The summed E-state index contributed by atoms with van der Waals surface area (Å²) in [5, 5.41) is 32.4. The Morgan fingerprint density at radius 3 is 1.48 bits per heavy atom. The van der Waals surface area contributed by atoms with E-state index in [2.05, 4.69) is 19.2 Å².